The zero-order valence-electron chi connectivity index (χ0n) is 15.9. The minimum Gasteiger partial charge on any atom is -0.338 e. The molecular weight excluding hydrogens is 376 g/mol. The minimum absolute atomic E-state index is 0. The van der Waals surface area contributed by atoms with Gasteiger partial charge in [0.25, 0.3) is 5.91 Å². The van der Waals surface area contributed by atoms with E-state index >= 15 is 0 Å². The van der Waals surface area contributed by atoms with Gasteiger partial charge in [0.15, 0.2) is 0 Å². The number of nitrogens with zero attached hydrogens (tertiary/aromatic N) is 1. The SMILES string of the molecule is Cc1ccc(SCc2cccc(C(=O)N3C[C@H]4CNC[C@H]4C3)c2)c(C)c1.Cl. The van der Waals surface area contributed by atoms with Crippen molar-refractivity contribution >= 4 is 30.1 Å². The van der Waals surface area contributed by atoms with Gasteiger partial charge in [-0.1, -0.05) is 29.8 Å². The summed E-state index contributed by atoms with van der Waals surface area (Å²) < 4.78 is 0. The lowest BCUT2D eigenvalue weighted by Gasteiger charge is -2.18. The Bertz CT molecular complexity index is 814. The van der Waals surface area contributed by atoms with Crippen molar-refractivity contribution in [3.63, 3.8) is 0 Å². The predicted molar refractivity (Wildman–Crippen MR) is 115 cm³/mol. The quantitative estimate of drug-likeness (QED) is 0.773. The molecule has 0 spiro atoms. The molecule has 4 rings (SSSR count). The van der Waals surface area contributed by atoms with Gasteiger partial charge in [-0.3, -0.25) is 4.79 Å². The summed E-state index contributed by atoms with van der Waals surface area (Å²) in [5, 5.41) is 3.43. The van der Waals surface area contributed by atoms with Crippen molar-refractivity contribution in [2.75, 3.05) is 26.2 Å². The highest BCUT2D eigenvalue weighted by atomic mass is 35.5. The van der Waals surface area contributed by atoms with Gasteiger partial charge in [-0.25, -0.2) is 0 Å². The molecular formula is C22H27ClN2OS. The molecule has 1 amide bonds. The fraction of sp³-hybridized carbons (Fsp3) is 0.409. The Morgan fingerprint density at radius 1 is 1.11 bits per heavy atom. The number of hydrogen-bond donors (Lipinski definition) is 1. The Balaban J connectivity index is 0.00000210. The number of nitrogens with one attached hydrogen (secondary N) is 1. The third kappa shape index (κ3) is 4.50. The molecule has 5 heteroatoms. The van der Waals surface area contributed by atoms with Crippen LogP contribution in [0, 0.1) is 25.7 Å². The number of rotatable bonds is 4. The fourth-order valence-corrected chi connectivity index (χ4v) is 5.07. The van der Waals surface area contributed by atoms with E-state index in [1.165, 1.54) is 21.6 Å². The van der Waals surface area contributed by atoms with Crippen LogP contribution in [0.4, 0.5) is 0 Å². The molecule has 27 heavy (non-hydrogen) atoms. The molecule has 0 bridgehead atoms. The summed E-state index contributed by atoms with van der Waals surface area (Å²) >= 11 is 1.84. The van der Waals surface area contributed by atoms with Gasteiger partial charge in [0.05, 0.1) is 0 Å². The fourth-order valence-electron chi connectivity index (χ4n) is 4.12. The van der Waals surface area contributed by atoms with Crippen LogP contribution in [-0.4, -0.2) is 37.0 Å². The second-order valence-electron chi connectivity index (χ2n) is 7.65. The molecule has 0 saturated carbocycles. The van der Waals surface area contributed by atoms with Gasteiger partial charge in [0, 0.05) is 42.4 Å². The standard InChI is InChI=1S/C22H26N2OS.ClH/c1-15-6-7-21(16(2)8-15)26-14-17-4-3-5-18(9-17)22(25)24-12-19-10-23-11-20(19)13-24;/h3-9,19-20,23H,10-14H2,1-2H3;1H/t19-,20+;. The third-order valence-corrected chi connectivity index (χ3v) is 6.82. The smallest absolute Gasteiger partial charge is 0.253 e. The van der Waals surface area contributed by atoms with Crippen molar-refractivity contribution in [3.05, 3.63) is 64.7 Å². The van der Waals surface area contributed by atoms with E-state index in [0.717, 1.165) is 37.5 Å². The van der Waals surface area contributed by atoms with Crippen LogP contribution >= 0.6 is 24.2 Å². The number of fused-ring (bicyclic) bond motifs is 1. The van der Waals surface area contributed by atoms with E-state index in [2.05, 4.69) is 49.5 Å². The zero-order chi connectivity index (χ0) is 18.1. The number of benzene rings is 2. The van der Waals surface area contributed by atoms with Gasteiger partial charge in [-0.2, -0.15) is 0 Å². The van der Waals surface area contributed by atoms with E-state index in [-0.39, 0.29) is 18.3 Å². The third-order valence-electron chi connectivity index (χ3n) is 5.58. The van der Waals surface area contributed by atoms with Crippen molar-refractivity contribution in [2.45, 2.75) is 24.5 Å². The van der Waals surface area contributed by atoms with Crippen molar-refractivity contribution in [1.82, 2.24) is 10.2 Å². The summed E-state index contributed by atoms with van der Waals surface area (Å²) in [6.45, 7) is 8.20. The van der Waals surface area contributed by atoms with Crippen LogP contribution < -0.4 is 5.32 Å². The molecule has 0 unspecified atom stereocenters. The molecule has 0 aliphatic carbocycles. The lowest BCUT2D eigenvalue weighted by molar-refractivity contribution is 0.0781. The van der Waals surface area contributed by atoms with Gasteiger partial charge in [-0.15, -0.1) is 24.2 Å². The van der Waals surface area contributed by atoms with Crippen LogP contribution in [0.3, 0.4) is 0 Å². The van der Waals surface area contributed by atoms with Crippen LogP contribution in [0.2, 0.25) is 0 Å². The van der Waals surface area contributed by atoms with Gasteiger partial charge in [0.2, 0.25) is 0 Å². The Hall–Kier alpha value is -1.49. The maximum Gasteiger partial charge on any atom is 0.253 e. The first-order chi connectivity index (χ1) is 12.6. The average molecular weight is 403 g/mol. The van der Waals surface area contributed by atoms with E-state index < -0.39 is 0 Å². The number of carbonyl (C=O) groups is 1. The molecule has 3 nitrogen and oxygen atoms in total. The first-order valence-corrected chi connectivity index (χ1v) is 10.4. The molecule has 2 aromatic rings. The van der Waals surface area contributed by atoms with Crippen molar-refractivity contribution in [2.24, 2.45) is 11.8 Å². The average Bonchev–Trinajstić information content (AvgIpc) is 3.22. The molecule has 144 valence electrons. The topological polar surface area (TPSA) is 32.3 Å². The number of amides is 1. The first-order valence-electron chi connectivity index (χ1n) is 9.39. The van der Waals surface area contributed by atoms with Crippen LogP contribution in [0.5, 0.6) is 0 Å². The highest BCUT2D eigenvalue weighted by Crippen LogP contribution is 2.29. The number of halogens is 1. The summed E-state index contributed by atoms with van der Waals surface area (Å²) in [5.74, 6) is 2.36. The van der Waals surface area contributed by atoms with E-state index in [4.69, 9.17) is 0 Å². The van der Waals surface area contributed by atoms with E-state index in [9.17, 15) is 4.79 Å². The Labute approximate surface area is 172 Å². The maximum absolute atomic E-state index is 12.9. The molecule has 2 atom stereocenters. The minimum atomic E-state index is 0. The van der Waals surface area contributed by atoms with Crippen LogP contribution in [-0.2, 0) is 5.75 Å². The highest BCUT2D eigenvalue weighted by molar-refractivity contribution is 7.98. The number of thioether (sulfide) groups is 1. The van der Waals surface area contributed by atoms with Crippen molar-refractivity contribution in [3.8, 4) is 0 Å². The second kappa shape index (κ2) is 8.68. The Morgan fingerprint density at radius 3 is 2.56 bits per heavy atom. The predicted octanol–water partition coefficient (Wildman–Crippen LogP) is 4.31. The van der Waals surface area contributed by atoms with Gasteiger partial charge in [-0.05, 0) is 55.0 Å². The summed E-state index contributed by atoms with van der Waals surface area (Å²) in [6, 6.07) is 14.8. The molecule has 2 aliphatic rings. The molecule has 2 fully saturated rings. The largest absolute Gasteiger partial charge is 0.338 e. The first kappa shape index (κ1) is 20.2. The zero-order valence-corrected chi connectivity index (χ0v) is 17.5. The van der Waals surface area contributed by atoms with Gasteiger partial charge >= 0.3 is 0 Å². The van der Waals surface area contributed by atoms with E-state index in [1.54, 1.807) is 0 Å². The van der Waals surface area contributed by atoms with Gasteiger partial charge in [0.1, 0.15) is 0 Å². The molecule has 2 saturated heterocycles. The van der Waals surface area contributed by atoms with Gasteiger partial charge < -0.3 is 10.2 Å². The lowest BCUT2D eigenvalue weighted by Crippen LogP contribution is -2.31. The monoisotopic (exact) mass is 402 g/mol. The van der Waals surface area contributed by atoms with Crippen LogP contribution in [0.15, 0.2) is 47.4 Å². The van der Waals surface area contributed by atoms with Crippen molar-refractivity contribution < 1.29 is 4.79 Å². The Morgan fingerprint density at radius 2 is 1.85 bits per heavy atom. The van der Waals surface area contributed by atoms with Crippen LogP contribution in [0.1, 0.15) is 27.0 Å². The van der Waals surface area contributed by atoms with E-state index in [1.807, 2.05) is 28.8 Å². The number of carbonyl (C=O) groups excluding carboxylic acids is 1. The lowest BCUT2D eigenvalue weighted by atomic mass is 10.0. The second-order valence-corrected chi connectivity index (χ2v) is 8.66. The summed E-state index contributed by atoms with van der Waals surface area (Å²) in [6.07, 6.45) is 0. The Kier molecular flexibility index (Phi) is 6.51. The molecule has 2 heterocycles. The highest BCUT2D eigenvalue weighted by Gasteiger charge is 2.38. The number of likely N-dealkylation sites (tertiary alicyclic amines) is 1. The summed E-state index contributed by atoms with van der Waals surface area (Å²) in [5.41, 5.74) is 4.66. The molecule has 2 aromatic carbocycles. The normalized spacial score (nSPS) is 21.0. The summed E-state index contributed by atoms with van der Waals surface area (Å²) in [7, 11) is 0. The van der Waals surface area contributed by atoms with Crippen LogP contribution in [0.25, 0.3) is 0 Å². The molecule has 0 radical (unpaired) electrons. The van der Waals surface area contributed by atoms with E-state index in [0.29, 0.717) is 11.8 Å². The number of hydrogen-bond acceptors (Lipinski definition) is 3. The van der Waals surface area contributed by atoms with Crippen molar-refractivity contribution in [1.29, 1.82) is 0 Å². The maximum atomic E-state index is 12.9. The number of aryl methyl sites for hydroxylation is 2. The molecule has 0 aromatic heterocycles. The summed E-state index contributed by atoms with van der Waals surface area (Å²) in [4.78, 5) is 16.3. The molecule has 1 N–H and O–H groups in total. The molecule has 2 aliphatic heterocycles.